The van der Waals surface area contributed by atoms with Gasteiger partial charge in [-0.15, -0.1) is 0 Å². The van der Waals surface area contributed by atoms with E-state index in [1.807, 2.05) is 18.2 Å². The number of nitrogens with one attached hydrogen (secondary N) is 1. The lowest BCUT2D eigenvalue weighted by molar-refractivity contribution is -0.139. The van der Waals surface area contributed by atoms with Crippen LogP contribution in [0.4, 0.5) is 5.82 Å². The molecule has 1 saturated heterocycles. The van der Waals surface area contributed by atoms with Crippen LogP contribution in [0.3, 0.4) is 0 Å². The molecule has 7 heteroatoms. The van der Waals surface area contributed by atoms with Crippen LogP contribution in [-0.2, 0) is 4.79 Å². The standard InChI is InChI=1S/C19H21N3O4/c23-18(24)13-26-16-6-4-14(5-7-16)19(25)21-15-8-11-22(12-9-15)17-3-1-2-10-20-17/h1-7,10,15H,8-9,11-13H2,(H,21,25)(H,23,24). The first-order valence-electron chi connectivity index (χ1n) is 8.53. The van der Waals surface area contributed by atoms with Crippen molar-refractivity contribution >= 4 is 17.7 Å². The molecule has 2 N–H and O–H groups in total. The molecule has 136 valence electrons. The number of piperidine rings is 1. The van der Waals surface area contributed by atoms with E-state index in [9.17, 15) is 9.59 Å². The van der Waals surface area contributed by atoms with E-state index in [1.54, 1.807) is 30.5 Å². The van der Waals surface area contributed by atoms with E-state index >= 15 is 0 Å². The minimum atomic E-state index is -1.04. The summed E-state index contributed by atoms with van der Waals surface area (Å²) in [4.78, 5) is 29.4. The zero-order chi connectivity index (χ0) is 18.4. The Kier molecular flexibility index (Phi) is 5.68. The fraction of sp³-hybridized carbons (Fsp3) is 0.316. The molecule has 1 aliphatic rings. The number of nitrogens with zero attached hydrogens (tertiary/aromatic N) is 2. The Morgan fingerprint density at radius 1 is 1.15 bits per heavy atom. The van der Waals surface area contributed by atoms with Crippen LogP contribution in [0.1, 0.15) is 23.2 Å². The number of carbonyl (C=O) groups is 2. The maximum atomic E-state index is 12.4. The third-order valence-electron chi connectivity index (χ3n) is 4.28. The molecule has 1 aliphatic heterocycles. The molecule has 0 aliphatic carbocycles. The van der Waals surface area contributed by atoms with Crippen LogP contribution in [0, 0.1) is 0 Å². The van der Waals surface area contributed by atoms with Crippen LogP contribution in [0.25, 0.3) is 0 Å². The van der Waals surface area contributed by atoms with Crippen LogP contribution in [0.2, 0.25) is 0 Å². The SMILES string of the molecule is O=C(O)COc1ccc(C(=O)NC2CCN(c3ccccn3)CC2)cc1. The number of hydrogen-bond donors (Lipinski definition) is 2. The molecule has 1 amide bonds. The van der Waals surface area contributed by atoms with E-state index in [0.717, 1.165) is 31.7 Å². The largest absolute Gasteiger partial charge is 0.482 e. The normalized spacial score (nSPS) is 14.7. The van der Waals surface area contributed by atoms with Gasteiger partial charge in [0.1, 0.15) is 11.6 Å². The molecule has 0 bridgehead atoms. The van der Waals surface area contributed by atoms with E-state index < -0.39 is 12.6 Å². The van der Waals surface area contributed by atoms with Gasteiger partial charge in [-0.2, -0.15) is 0 Å². The predicted octanol–water partition coefficient (Wildman–Crippen LogP) is 1.94. The smallest absolute Gasteiger partial charge is 0.341 e. The summed E-state index contributed by atoms with van der Waals surface area (Å²) < 4.78 is 5.06. The Morgan fingerprint density at radius 2 is 1.88 bits per heavy atom. The zero-order valence-electron chi connectivity index (χ0n) is 14.3. The fourth-order valence-corrected chi connectivity index (χ4v) is 2.91. The summed E-state index contributed by atoms with van der Waals surface area (Å²) in [5.74, 6) is 0.219. The lowest BCUT2D eigenvalue weighted by atomic mass is 10.0. The fourth-order valence-electron chi connectivity index (χ4n) is 2.91. The summed E-state index contributed by atoms with van der Waals surface area (Å²) in [7, 11) is 0. The molecule has 2 aromatic rings. The summed E-state index contributed by atoms with van der Waals surface area (Å²) in [6, 6.07) is 12.5. The van der Waals surface area contributed by atoms with E-state index in [2.05, 4.69) is 15.2 Å². The summed E-state index contributed by atoms with van der Waals surface area (Å²) in [5.41, 5.74) is 0.528. The molecule has 0 atom stereocenters. The van der Waals surface area contributed by atoms with Gasteiger partial charge in [0.2, 0.25) is 0 Å². The lowest BCUT2D eigenvalue weighted by Gasteiger charge is -2.33. The molecule has 0 spiro atoms. The molecular formula is C19H21N3O4. The van der Waals surface area contributed by atoms with Crippen LogP contribution in [0.15, 0.2) is 48.7 Å². The van der Waals surface area contributed by atoms with Crippen molar-refractivity contribution in [3.8, 4) is 5.75 Å². The van der Waals surface area contributed by atoms with E-state index in [0.29, 0.717) is 11.3 Å². The predicted molar refractivity (Wildman–Crippen MR) is 96.5 cm³/mol. The van der Waals surface area contributed by atoms with Crippen molar-refractivity contribution in [3.63, 3.8) is 0 Å². The van der Waals surface area contributed by atoms with Crippen molar-refractivity contribution in [2.45, 2.75) is 18.9 Å². The summed E-state index contributed by atoms with van der Waals surface area (Å²) in [6.45, 7) is 1.30. The number of ether oxygens (including phenoxy) is 1. The van der Waals surface area contributed by atoms with Gasteiger partial charge in [-0.3, -0.25) is 4.79 Å². The highest BCUT2D eigenvalue weighted by atomic mass is 16.5. The van der Waals surface area contributed by atoms with Gasteiger partial charge in [-0.1, -0.05) is 6.07 Å². The number of carboxylic acid groups (broad SMARTS) is 1. The Morgan fingerprint density at radius 3 is 2.50 bits per heavy atom. The molecule has 1 aromatic carbocycles. The number of pyridine rings is 1. The van der Waals surface area contributed by atoms with Gasteiger partial charge >= 0.3 is 5.97 Å². The first-order chi connectivity index (χ1) is 12.6. The van der Waals surface area contributed by atoms with Crippen LogP contribution < -0.4 is 15.0 Å². The molecule has 1 aromatic heterocycles. The molecule has 26 heavy (non-hydrogen) atoms. The Hall–Kier alpha value is -3.09. The number of rotatable bonds is 6. The van der Waals surface area contributed by atoms with Crippen molar-refractivity contribution in [3.05, 3.63) is 54.2 Å². The van der Waals surface area contributed by atoms with Gasteiger partial charge in [0, 0.05) is 30.9 Å². The third kappa shape index (κ3) is 4.72. The van der Waals surface area contributed by atoms with Gasteiger partial charge in [0.05, 0.1) is 0 Å². The number of amides is 1. The number of carbonyl (C=O) groups excluding carboxylic acids is 1. The highest BCUT2D eigenvalue weighted by Crippen LogP contribution is 2.18. The van der Waals surface area contributed by atoms with Crippen LogP contribution in [0.5, 0.6) is 5.75 Å². The topological polar surface area (TPSA) is 91.8 Å². The van der Waals surface area contributed by atoms with E-state index in [4.69, 9.17) is 9.84 Å². The van der Waals surface area contributed by atoms with Crippen molar-refractivity contribution in [2.24, 2.45) is 0 Å². The monoisotopic (exact) mass is 355 g/mol. The zero-order valence-corrected chi connectivity index (χ0v) is 14.3. The maximum Gasteiger partial charge on any atom is 0.341 e. The number of aliphatic carboxylic acids is 1. The van der Waals surface area contributed by atoms with Crippen molar-refractivity contribution < 1.29 is 19.4 Å². The summed E-state index contributed by atoms with van der Waals surface area (Å²) in [6.07, 6.45) is 3.51. The van der Waals surface area contributed by atoms with Gasteiger partial charge < -0.3 is 20.1 Å². The first-order valence-corrected chi connectivity index (χ1v) is 8.53. The highest BCUT2D eigenvalue weighted by Gasteiger charge is 2.21. The number of aromatic nitrogens is 1. The minimum absolute atomic E-state index is 0.130. The average molecular weight is 355 g/mol. The number of carboxylic acids is 1. The lowest BCUT2D eigenvalue weighted by Crippen LogP contribution is -2.44. The van der Waals surface area contributed by atoms with E-state index in [-0.39, 0.29) is 11.9 Å². The Bertz CT molecular complexity index is 741. The summed E-state index contributed by atoms with van der Waals surface area (Å²) >= 11 is 0. The van der Waals surface area contributed by atoms with E-state index in [1.165, 1.54) is 0 Å². The van der Waals surface area contributed by atoms with Gasteiger partial charge in [0.25, 0.3) is 5.91 Å². The average Bonchev–Trinajstić information content (AvgIpc) is 2.68. The molecule has 0 saturated carbocycles. The molecular weight excluding hydrogens is 334 g/mol. The van der Waals surface area contributed by atoms with Crippen LogP contribution >= 0.6 is 0 Å². The third-order valence-corrected chi connectivity index (χ3v) is 4.28. The van der Waals surface area contributed by atoms with Gasteiger partial charge in [-0.05, 0) is 49.2 Å². The molecule has 2 heterocycles. The Labute approximate surface area is 151 Å². The van der Waals surface area contributed by atoms with Crippen molar-refractivity contribution in [1.82, 2.24) is 10.3 Å². The second kappa shape index (κ2) is 8.33. The van der Waals surface area contributed by atoms with Gasteiger partial charge in [-0.25, -0.2) is 9.78 Å². The number of anilines is 1. The quantitative estimate of drug-likeness (QED) is 0.823. The molecule has 7 nitrogen and oxygen atoms in total. The first kappa shape index (κ1) is 17.7. The maximum absolute atomic E-state index is 12.4. The van der Waals surface area contributed by atoms with Crippen LogP contribution in [-0.4, -0.2) is 47.7 Å². The van der Waals surface area contributed by atoms with Gasteiger partial charge in [0.15, 0.2) is 6.61 Å². The second-order valence-electron chi connectivity index (χ2n) is 6.13. The molecule has 3 rings (SSSR count). The van der Waals surface area contributed by atoms with Crippen molar-refractivity contribution in [1.29, 1.82) is 0 Å². The summed E-state index contributed by atoms with van der Waals surface area (Å²) in [5, 5.41) is 11.7. The number of hydrogen-bond acceptors (Lipinski definition) is 5. The van der Waals surface area contributed by atoms with Crippen molar-refractivity contribution in [2.75, 3.05) is 24.6 Å². The molecule has 1 fully saturated rings. The molecule has 0 radical (unpaired) electrons. The Balaban J connectivity index is 1.49. The molecule has 0 unspecified atom stereocenters. The minimum Gasteiger partial charge on any atom is -0.482 e. The second-order valence-corrected chi connectivity index (χ2v) is 6.13. The highest BCUT2D eigenvalue weighted by molar-refractivity contribution is 5.94. The number of benzene rings is 1.